The second-order valence-corrected chi connectivity index (χ2v) is 5.53. The quantitative estimate of drug-likeness (QED) is 0.313. The van der Waals surface area contributed by atoms with Gasteiger partial charge in [-0.05, 0) is 12.5 Å². The van der Waals surface area contributed by atoms with E-state index < -0.39 is 17.6 Å². The third-order valence-electron chi connectivity index (χ3n) is 2.14. The zero-order valence-corrected chi connectivity index (χ0v) is 14.1. The van der Waals surface area contributed by atoms with Crippen molar-refractivity contribution in [2.75, 3.05) is 27.7 Å². The SMILES string of the molecule is C=CC(=O)C(N)(N)CC.CCC(=O)O.C[N+](C)(C)CC(=O)[O-]. The molecule has 0 aromatic carbocycles. The molecule has 0 bridgehead atoms. The molecule has 0 radical (unpaired) electrons. The number of hydrogen-bond acceptors (Lipinski definition) is 6. The van der Waals surface area contributed by atoms with Crippen molar-refractivity contribution in [1.82, 2.24) is 0 Å². The molecule has 0 rings (SSSR count). The Balaban J connectivity index is -0.000000257. The fourth-order valence-corrected chi connectivity index (χ4v) is 0.752. The molecule has 5 N–H and O–H groups in total. The molecule has 0 atom stereocenters. The second-order valence-electron chi connectivity index (χ2n) is 5.53. The largest absolute Gasteiger partial charge is 0.544 e. The van der Waals surface area contributed by atoms with E-state index in [9.17, 15) is 19.5 Å². The maximum atomic E-state index is 10.7. The highest BCUT2D eigenvalue weighted by Gasteiger charge is 2.22. The maximum absolute atomic E-state index is 10.7. The second kappa shape index (κ2) is 11.8. The Kier molecular flexibility index (Phi) is 13.6. The zero-order valence-electron chi connectivity index (χ0n) is 14.1. The lowest BCUT2D eigenvalue weighted by molar-refractivity contribution is -0.864. The molecule has 0 heterocycles. The van der Waals surface area contributed by atoms with Gasteiger partial charge in [-0.2, -0.15) is 0 Å². The van der Waals surface area contributed by atoms with Crippen molar-refractivity contribution in [1.29, 1.82) is 0 Å². The average Bonchev–Trinajstić information content (AvgIpc) is 2.36. The van der Waals surface area contributed by atoms with E-state index in [-0.39, 0.29) is 18.7 Å². The molecule has 8 heteroatoms. The number of nitrogens with two attached hydrogens (primary N) is 2. The van der Waals surface area contributed by atoms with Gasteiger partial charge in [0.2, 0.25) is 0 Å². The molecule has 22 heavy (non-hydrogen) atoms. The summed E-state index contributed by atoms with van der Waals surface area (Å²) in [4.78, 5) is 30.0. The number of carboxylic acid groups (broad SMARTS) is 2. The van der Waals surface area contributed by atoms with Crippen LogP contribution >= 0.6 is 0 Å². The molecular formula is C14H29N3O5. The van der Waals surface area contributed by atoms with Gasteiger partial charge in [-0.15, -0.1) is 0 Å². The van der Waals surface area contributed by atoms with E-state index in [0.29, 0.717) is 10.9 Å². The number of rotatable bonds is 6. The number of quaternary nitrogens is 1. The zero-order chi connectivity index (χ0) is 18.6. The molecule has 0 amide bonds. The molecular weight excluding hydrogens is 290 g/mol. The van der Waals surface area contributed by atoms with Gasteiger partial charge in [0, 0.05) is 6.42 Å². The first kappa shape index (κ1) is 25.2. The van der Waals surface area contributed by atoms with Crippen molar-refractivity contribution in [3.8, 4) is 0 Å². The van der Waals surface area contributed by atoms with Crippen LogP contribution in [0.4, 0.5) is 0 Å². The summed E-state index contributed by atoms with van der Waals surface area (Å²) in [5.74, 6) is -2.06. The summed E-state index contributed by atoms with van der Waals surface area (Å²) < 4.78 is 0.419. The maximum Gasteiger partial charge on any atom is 0.303 e. The molecule has 0 fully saturated rings. The number of carboxylic acids is 2. The summed E-state index contributed by atoms with van der Waals surface area (Å²) in [6.07, 6.45) is 1.79. The van der Waals surface area contributed by atoms with Crippen molar-refractivity contribution in [2.24, 2.45) is 11.5 Å². The van der Waals surface area contributed by atoms with Crippen LogP contribution in [-0.4, -0.2) is 60.7 Å². The van der Waals surface area contributed by atoms with Gasteiger partial charge in [-0.3, -0.25) is 9.59 Å². The Labute approximate surface area is 132 Å². The molecule has 0 saturated heterocycles. The van der Waals surface area contributed by atoms with E-state index >= 15 is 0 Å². The Hall–Kier alpha value is -1.77. The fraction of sp³-hybridized carbons (Fsp3) is 0.643. The first-order chi connectivity index (χ1) is 9.73. The number of carbonyl (C=O) groups excluding carboxylic acids is 2. The topological polar surface area (TPSA) is 147 Å². The Bertz CT molecular complexity index is 373. The molecule has 8 nitrogen and oxygen atoms in total. The Morgan fingerprint density at radius 2 is 1.59 bits per heavy atom. The number of ketones is 1. The van der Waals surface area contributed by atoms with Gasteiger partial charge >= 0.3 is 5.97 Å². The van der Waals surface area contributed by atoms with Crippen LogP contribution < -0.4 is 16.6 Å². The predicted octanol–water partition coefficient (Wildman–Crippen LogP) is -1.31. The fourth-order valence-electron chi connectivity index (χ4n) is 0.752. The molecule has 0 aliphatic heterocycles. The molecule has 0 aromatic heterocycles. The third kappa shape index (κ3) is 20.5. The van der Waals surface area contributed by atoms with Crippen molar-refractivity contribution in [3.05, 3.63) is 12.7 Å². The van der Waals surface area contributed by atoms with Crippen LogP contribution in [0.1, 0.15) is 26.7 Å². The van der Waals surface area contributed by atoms with Crippen LogP contribution in [0.15, 0.2) is 12.7 Å². The van der Waals surface area contributed by atoms with Crippen molar-refractivity contribution in [3.63, 3.8) is 0 Å². The summed E-state index contributed by atoms with van der Waals surface area (Å²) in [6.45, 7) is 6.69. The highest BCUT2D eigenvalue weighted by molar-refractivity contribution is 5.96. The molecule has 0 spiro atoms. The van der Waals surface area contributed by atoms with Crippen LogP contribution in [0.2, 0.25) is 0 Å². The van der Waals surface area contributed by atoms with Gasteiger partial charge < -0.3 is 31.0 Å². The number of aliphatic carboxylic acids is 2. The van der Waals surface area contributed by atoms with Crippen LogP contribution in [0.5, 0.6) is 0 Å². The van der Waals surface area contributed by atoms with Gasteiger partial charge in [0.15, 0.2) is 5.78 Å². The van der Waals surface area contributed by atoms with E-state index in [2.05, 4.69) is 6.58 Å². The number of carbonyl (C=O) groups is 3. The number of hydrogen-bond donors (Lipinski definition) is 3. The summed E-state index contributed by atoms with van der Waals surface area (Å²) >= 11 is 0. The highest BCUT2D eigenvalue weighted by Crippen LogP contribution is 1.98. The molecule has 130 valence electrons. The minimum atomic E-state index is -1.21. The van der Waals surface area contributed by atoms with Crippen LogP contribution in [0.3, 0.4) is 0 Å². The first-order valence-corrected chi connectivity index (χ1v) is 6.70. The van der Waals surface area contributed by atoms with Crippen LogP contribution in [0.25, 0.3) is 0 Å². The minimum absolute atomic E-state index is 0.0694. The van der Waals surface area contributed by atoms with Gasteiger partial charge in [0.25, 0.3) is 0 Å². The summed E-state index contributed by atoms with van der Waals surface area (Å²) in [6, 6.07) is 0. The third-order valence-corrected chi connectivity index (χ3v) is 2.14. The van der Waals surface area contributed by atoms with Crippen LogP contribution in [0, 0.1) is 0 Å². The van der Waals surface area contributed by atoms with Crippen molar-refractivity contribution in [2.45, 2.75) is 32.4 Å². The van der Waals surface area contributed by atoms with E-state index in [1.54, 1.807) is 35.0 Å². The molecule has 0 unspecified atom stereocenters. The lowest BCUT2D eigenvalue weighted by Crippen LogP contribution is -2.55. The van der Waals surface area contributed by atoms with Gasteiger partial charge in [0.05, 0.1) is 27.1 Å². The molecule has 0 aromatic rings. The lowest BCUT2D eigenvalue weighted by atomic mass is 10.0. The monoisotopic (exact) mass is 319 g/mol. The Morgan fingerprint density at radius 1 is 1.23 bits per heavy atom. The average molecular weight is 319 g/mol. The van der Waals surface area contributed by atoms with E-state index in [1.165, 1.54) is 0 Å². The van der Waals surface area contributed by atoms with Gasteiger partial charge in [-0.1, -0.05) is 20.4 Å². The summed E-state index contributed by atoms with van der Waals surface area (Å²) in [5, 5.41) is 17.6. The minimum Gasteiger partial charge on any atom is -0.544 e. The van der Waals surface area contributed by atoms with Gasteiger partial charge in [-0.25, -0.2) is 0 Å². The Morgan fingerprint density at radius 3 is 1.64 bits per heavy atom. The molecule has 0 aliphatic carbocycles. The lowest BCUT2D eigenvalue weighted by Gasteiger charge is -2.23. The summed E-state index contributed by atoms with van der Waals surface area (Å²) in [5.41, 5.74) is 9.45. The van der Waals surface area contributed by atoms with Crippen LogP contribution in [-0.2, 0) is 14.4 Å². The van der Waals surface area contributed by atoms with Crippen molar-refractivity contribution >= 4 is 17.7 Å². The van der Waals surface area contributed by atoms with Gasteiger partial charge in [0.1, 0.15) is 12.2 Å². The van der Waals surface area contributed by atoms with E-state index in [4.69, 9.17) is 16.6 Å². The normalized spacial score (nSPS) is 10.3. The number of nitrogens with zero attached hydrogens (tertiary/aromatic N) is 1. The summed E-state index contributed by atoms with van der Waals surface area (Å²) in [7, 11) is 5.40. The van der Waals surface area contributed by atoms with E-state index in [1.807, 2.05) is 0 Å². The van der Waals surface area contributed by atoms with E-state index in [0.717, 1.165) is 6.08 Å². The predicted molar refractivity (Wildman–Crippen MR) is 82.4 cm³/mol. The molecule has 0 saturated carbocycles. The first-order valence-electron chi connectivity index (χ1n) is 6.70. The smallest absolute Gasteiger partial charge is 0.303 e. The van der Waals surface area contributed by atoms with Crippen molar-refractivity contribution < 1.29 is 29.1 Å². The highest BCUT2D eigenvalue weighted by atomic mass is 16.4. The number of likely N-dealkylation sites (N-methyl/N-ethyl adjacent to an activating group) is 1. The molecule has 0 aliphatic rings. The standard InChI is InChI=1S/C6H12N2O.C5H11NO2.C3H6O2/c1-3-5(9)6(7,8)4-2;1-6(2,3)4-5(7)8;1-2-3(4)5/h3H,1,4,7-8H2,2H3;4H2,1-3H3;2H2,1H3,(H,4,5).